The summed E-state index contributed by atoms with van der Waals surface area (Å²) >= 11 is 0. The summed E-state index contributed by atoms with van der Waals surface area (Å²) in [6.45, 7) is 4.14. The molecule has 1 aliphatic rings. The number of nitrogens with two attached hydrogens (primary N) is 1. The molecule has 1 rings (SSSR count). The van der Waals surface area contributed by atoms with Crippen LogP contribution in [0.5, 0.6) is 0 Å². The smallest absolute Gasteiger partial charge is 0.0226 e. The van der Waals surface area contributed by atoms with Crippen molar-refractivity contribution in [3.8, 4) is 0 Å². The summed E-state index contributed by atoms with van der Waals surface area (Å²) in [4.78, 5) is 4.82. The van der Waals surface area contributed by atoms with Gasteiger partial charge in [-0.1, -0.05) is 12.2 Å². The minimum atomic E-state index is 0.659. The van der Waals surface area contributed by atoms with Crippen molar-refractivity contribution in [2.75, 3.05) is 40.3 Å². The fourth-order valence-electron chi connectivity index (χ4n) is 2.07. The number of hydrogen-bond donors (Lipinski definition) is 1. The van der Waals surface area contributed by atoms with Crippen molar-refractivity contribution in [3.63, 3.8) is 0 Å². The molecule has 1 atom stereocenters. The van der Waals surface area contributed by atoms with Gasteiger partial charge in [-0.25, -0.2) is 0 Å². The van der Waals surface area contributed by atoms with Crippen LogP contribution in [0.15, 0.2) is 12.2 Å². The van der Waals surface area contributed by atoms with E-state index >= 15 is 0 Å². The van der Waals surface area contributed by atoms with Crippen LogP contribution in [0.2, 0.25) is 0 Å². The number of likely N-dealkylation sites (N-methyl/N-ethyl adjacent to an activating group) is 1. The first-order valence-electron chi connectivity index (χ1n) is 5.48. The molecule has 82 valence electrons. The zero-order valence-corrected chi connectivity index (χ0v) is 9.45. The minimum absolute atomic E-state index is 0.659. The average Bonchev–Trinajstić information content (AvgIpc) is 2.52. The van der Waals surface area contributed by atoms with Gasteiger partial charge in [0, 0.05) is 25.7 Å². The molecule has 1 unspecified atom stereocenters. The van der Waals surface area contributed by atoms with Crippen molar-refractivity contribution in [1.82, 2.24) is 9.80 Å². The molecule has 2 N–H and O–H groups in total. The van der Waals surface area contributed by atoms with Gasteiger partial charge in [0.1, 0.15) is 0 Å². The summed E-state index contributed by atoms with van der Waals surface area (Å²) in [6, 6.07) is 0.743. The molecule has 14 heavy (non-hydrogen) atoms. The Morgan fingerprint density at radius 1 is 1.43 bits per heavy atom. The Hall–Kier alpha value is -0.380. The van der Waals surface area contributed by atoms with Crippen molar-refractivity contribution in [1.29, 1.82) is 0 Å². The molecule has 0 aromatic rings. The van der Waals surface area contributed by atoms with Crippen molar-refractivity contribution < 1.29 is 0 Å². The Morgan fingerprint density at radius 3 is 2.86 bits per heavy atom. The molecule has 0 amide bonds. The predicted octanol–water partition coefficient (Wildman–Crippen LogP) is 0.527. The molecule has 0 aromatic carbocycles. The molecule has 1 aliphatic heterocycles. The molecule has 3 nitrogen and oxygen atoms in total. The first-order valence-corrected chi connectivity index (χ1v) is 5.48. The van der Waals surface area contributed by atoms with Crippen LogP contribution in [-0.4, -0.2) is 56.1 Å². The Labute approximate surface area is 87.6 Å². The Bertz CT molecular complexity index is 177. The highest BCUT2D eigenvalue weighted by molar-refractivity contribution is 4.90. The van der Waals surface area contributed by atoms with E-state index in [0.717, 1.165) is 12.6 Å². The summed E-state index contributed by atoms with van der Waals surface area (Å²) in [5, 5.41) is 0. The van der Waals surface area contributed by atoms with Crippen LogP contribution >= 0.6 is 0 Å². The van der Waals surface area contributed by atoms with Crippen LogP contribution in [0.25, 0.3) is 0 Å². The van der Waals surface area contributed by atoms with E-state index in [1.807, 2.05) is 6.08 Å². The van der Waals surface area contributed by atoms with E-state index in [0.29, 0.717) is 6.54 Å². The van der Waals surface area contributed by atoms with E-state index in [1.165, 1.54) is 25.9 Å². The third-order valence-corrected chi connectivity index (χ3v) is 2.72. The third kappa shape index (κ3) is 3.78. The van der Waals surface area contributed by atoms with E-state index < -0.39 is 0 Å². The molecule has 3 heteroatoms. The van der Waals surface area contributed by atoms with E-state index in [-0.39, 0.29) is 0 Å². The van der Waals surface area contributed by atoms with Crippen molar-refractivity contribution in [3.05, 3.63) is 12.2 Å². The topological polar surface area (TPSA) is 32.5 Å². The number of nitrogens with zero attached hydrogens (tertiary/aromatic N) is 2. The highest BCUT2D eigenvalue weighted by Crippen LogP contribution is 2.17. The third-order valence-electron chi connectivity index (χ3n) is 2.72. The summed E-state index contributed by atoms with van der Waals surface area (Å²) in [7, 11) is 4.29. The zero-order valence-electron chi connectivity index (χ0n) is 9.45. The van der Waals surface area contributed by atoms with Crippen LogP contribution in [0.4, 0.5) is 0 Å². The number of rotatable bonds is 5. The Morgan fingerprint density at radius 2 is 2.21 bits per heavy atom. The van der Waals surface area contributed by atoms with Crippen molar-refractivity contribution in [2.45, 2.75) is 18.9 Å². The summed E-state index contributed by atoms with van der Waals surface area (Å²) in [5.74, 6) is 0. The predicted molar refractivity (Wildman–Crippen MR) is 61.3 cm³/mol. The number of hydrogen-bond acceptors (Lipinski definition) is 3. The quantitative estimate of drug-likeness (QED) is 0.653. The SMILES string of the molecule is CN(C)CC1CCCN1CC=CCN. The average molecular weight is 197 g/mol. The molecule has 0 aromatic heterocycles. The fourth-order valence-corrected chi connectivity index (χ4v) is 2.07. The standard InChI is InChI=1S/C11H23N3/c1-13(2)10-11-6-5-9-14(11)8-4-3-7-12/h3-4,11H,5-10,12H2,1-2H3. The second-order valence-electron chi connectivity index (χ2n) is 4.26. The molecule has 0 spiro atoms. The van der Waals surface area contributed by atoms with Crippen molar-refractivity contribution in [2.24, 2.45) is 5.73 Å². The lowest BCUT2D eigenvalue weighted by Crippen LogP contribution is -2.37. The summed E-state index contributed by atoms with van der Waals surface area (Å²) in [5.41, 5.74) is 5.42. The molecule has 1 fully saturated rings. The van der Waals surface area contributed by atoms with E-state index in [1.54, 1.807) is 0 Å². The molecule has 0 bridgehead atoms. The minimum Gasteiger partial charge on any atom is -0.327 e. The molecule has 0 radical (unpaired) electrons. The monoisotopic (exact) mass is 197 g/mol. The van der Waals surface area contributed by atoms with Gasteiger partial charge < -0.3 is 10.6 Å². The van der Waals surface area contributed by atoms with Gasteiger partial charge in [0.05, 0.1) is 0 Å². The van der Waals surface area contributed by atoms with Gasteiger partial charge >= 0.3 is 0 Å². The lowest BCUT2D eigenvalue weighted by Gasteiger charge is -2.25. The Balaban J connectivity index is 2.31. The van der Waals surface area contributed by atoms with Crippen LogP contribution in [0, 0.1) is 0 Å². The molecular formula is C11H23N3. The van der Waals surface area contributed by atoms with Gasteiger partial charge in [-0.15, -0.1) is 0 Å². The van der Waals surface area contributed by atoms with Crippen LogP contribution in [0.1, 0.15) is 12.8 Å². The first-order chi connectivity index (χ1) is 6.74. The van der Waals surface area contributed by atoms with E-state index in [9.17, 15) is 0 Å². The van der Waals surface area contributed by atoms with Gasteiger partial charge in [-0.2, -0.15) is 0 Å². The van der Waals surface area contributed by atoms with Crippen LogP contribution in [0.3, 0.4) is 0 Å². The van der Waals surface area contributed by atoms with Crippen LogP contribution < -0.4 is 5.73 Å². The van der Waals surface area contributed by atoms with Gasteiger partial charge in [0.15, 0.2) is 0 Å². The molecular weight excluding hydrogens is 174 g/mol. The van der Waals surface area contributed by atoms with Gasteiger partial charge in [-0.05, 0) is 33.5 Å². The van der Waals surface area contributed by atoms with Crippen LogP contribution in [-0.2, 0) is 0 Å². The fraction of sp³-hybridized carbons (Fsp3) is 0.818. The van der Waals surface area contributed by atoms with E-state index in [4.69, 9.17) is 5.73 Å². The van der Waals surface area contributed by atoms with Gasteiger partial charge in [0.2, 0.25) is 0 Å². The number of likely N-dealkylation sites (tertiary alicyclic amines) is 1. The molecule has 1 heterocycles. The normalized spacial score (nSPS) is 24.1. The molecule has 1 saturated heterocycles. The van der Waals surface area contributed by atoms with Gasteiger partial charge in [-0.3, -0.25) is 4.90 Å². The maximum absolute atomic E-state index is 5.42. The maximum atomic E-state index is 5.42. The maximum Gasteiger partial charge on any atom is 0.0226 e. The summed E-state index contributed by atoms with van der Waals surface area (Å²) < 4.78 is 0. The highest BCUT2D eigenvalue weighted by Gasteiger charge is 2.23. The zero-order chi connectivity index (χ0) is 10.4. The van der Waals surface area contributed by atoms with E-state index in [2.05, 4.69) is 30.0 Å². The second kappa shape index (κ2) is 6.17. The first kappa shape index (κ1) is 11.7. The lowest BCUT2D eigenvalue weighted by molar-refractivity contribution is 0.225. The highest BCUT2D eigenvalue weighted by atomic mass is 15.2. The molecule has 0 aliphatic carbocycles. The second-order valence-corrected chi connectivity index (χ2v) is 4.26. The Kier molecular flexibility index (Phi) is 5.15. The molecule has 0 saturated carbocycles. The summed E-state index contributed by atoms with van der Waals surface area (Å²) in [6.07, 6.45) is 6.92. The largest absolute Gasteiger partial charge is 0.327 e. The van der Waals surface area contributed by atoms with Gasteiger partial charge in [0.25, 0.3) is 0 Å². The lowest BCUT2D eigenvalue weighted by atomic mass is 10.2. The van der Waals surface area contributed by atoms with Crippen molar-refractivity contribution >= 4 is 0 Å².